The molecule has 0 radical (unpaired) electrons. The van der Waals surface area contributed by atoms with Crippen molar-refractivity contribution < 1.29 is 9.53 Å². The minimum Gasteiger partial charge on any atom is -0.497 e. The second-order valence-electron chi connectivity index (χ2n) is 6.99. The highest BCUT2D eigenvalue weighted by Gasteiger charge is 2.27. The molecule has 1 fully saturated rings. The number of fused-ring (bicyclic) bond motifs is 1. The zero-order chi connectivity index (χ0) is 17.9. The van der Waals surface area contributed by atoms with Crippen LogP contribution >= 0.6 is 0 Å². The summed E-state index contributed by atoms with van der Waals surface area (Å²) in [5.74, 6) is 1.09. The van der Waals surface area contributed by atoms with Crippen molar-refractivity contribution in [2.45, 2.75) is 25.3 Å². The smallest absolute Gasteiger partial charge is 0.178 e. The Kier molecular flexibility index (Phi) is 4.76. The number of Topliss-reactive ketones (excluding diaryl/α,β-unsaturated/α-hetero) is 1. The van der Waals surface area contributed by atoms with E-state index in [4.69, 9.17) is 4.74 Å². The average Bonchev–Trinajstić information content (AvgIpc) is 3.29. The molecule has 1 N–H and O–H groups in total. The van der Waals surface area contributed by atoms with Crippen molar-refractivity contribution in [3.63, 3.8) is 0 Å². The molecule has 4 rings (SSSR count). The molecule has 2 heterocycles. The number of carbonyl (C=O) groups excluding carboxylic acids is 1. The van der Waals surface area contributed by atoms with Gasteiger partial charge in [-0.1, -0.05) is 30.3 Å². The quantitative estimate of drug-likeness (QED) is 0.683. The lowest BCUT2D eigenvalue weighted by Gasteiger charge is -2.24. The number of likely N-dealkylation sites (tertiary alicyclic amines) is 1. The average molecular weight is 348 g/mol. The van der Waals surface area contributed by atoms with Crippen LogP contribution in [0.3, 0.4) is 0 Å². The van der Waals surface area contributed by atoms with Crippen molar-refractivity contribution in [1.82, 2.24) is 9.88 Å². The first-order chi connectivity index (χ1) is 12.7. The van der Waals surface area contributed by atoms with E-state index in [1.165, 1.54) is 5.56 Å². The molecule has 0 bridgehead atoms. The number of methoxy groups -OCH3 is 1. The fraction of sp³-hybridized carbons (Fsp3) is 0.318. The van der Waals surface area contributed by atoms with Crippen LogP contribution in [0.1, 0.15) is 28.8 Å². The van der Waals surface area contributed by atoms with Gasteiger partial charge in [0.05, 0.1) is 13.7 Å². The normalized spacial score (nSPS) is 17.7. The Hall–Kier alpha value is -2.59. The van der Waals surface area contributed by atoms with Crippen LogP contribution in [0.5, 0.6) is 5.75 Å². The third kappa shape index (κ3) is 3.37. The van der Waals surface area contributed by atoms with Gasteiger partial charge in [0, 0.05) is 28.7 Å². The van der Waals surface area contributed by atoms with E-state index in [9.17, 15) is 4.79 Å². The van der Waals surface area contributed by atoms with E-state index in [-0.39, 0.29) is 5.78 Å². The standard InChI is InChI=1S/C22H24N2O2/c1-26-18-8-4-6-16(13-18)12-17-7-5-11-24(17)15-22(25)20-14-23-21-10-3-2-9-19(20)21/h2-4,6,8-10,13-14,17,23H,5,7,11-12,15H2,1H3. The number of rotatable bonds is 6. The number of nitrogens with one attached hydrogen (secondary N) is 1. The molecule has 0 amide bonds. The molecule has 1 aromatic heterocycles. The van der Waals surface area contributed by atoms with Gasteiger partial charge < -0.3 is 9.72 Å². The van der Waals surface area contributed by atoms with Crippen LogP contribution in [-0.4, -0.2) is 41.9 Å². The van der Waals surface area contributed by atoms with Crippen molar-refractivity contribution in [2.75, 3.05) is 20.2 Å². The van der Waals surface area contributed by atoms with Crippen molar-refractivity contribution in [3.8, 4) is 5.75 Å². The van der Waals surface area contributed by atoms with Crippen molar-refractivity contribution in [2.24, 2.45) is 0 Å². The first-order valence-electron chi connectivity index (χ1n) is 9.21. The lowest BCUT2D eigenvalue weighted by atomic mass is 10.0. The Morgan fingerprint density at radius 1 is 1.23 bits per heavy atom. The van der Waals surface area contributed by atoms with E-state index < -0.39 is 0 Å². The van der Waals surface area contributed by atoms with E-state index >= 15 is 0 Å². The molecule has 26 heavy (non-hydrogen) atoms. The number of benzene rings is 2. The predicted octanol–water partition coefficient (Wildman–Crippen LogP) is 4.07. The molecule has 1 unspecified atom stereocenters. The van der Waals surface area contributed by atoms with Crippen LogP contribution in [0.15, 0.2) is 54.7 Å². The van der Waals surface area contributed by atoms with Crippen LogP contribution < -0.4 is 4.74 Å². The van der Waals surface area contributed by atoms with Crippen LogP contribution in [-0.2, 0) is 6.42 Å². The van der Waals surface area contributed by atoms with Gasteiger partial charge in [-0.2, -0.15) is 0 Å². The number of aromatic nitrogens is 1. The summed E-state index contributed by atoms with van der Waals surface area (Å²) in [5, 5.41) is 1.01. The number of aromatic amines is 1. The van der Waals surface area contributed by atoms with Gasteiger partial charge in [0.1, 0.15) is 5.75 Å². The first kappa shape index (κ1) is 16.9. The zero-order valence-electron chi connectivity index (χ0n) is 15.1. The summed E-state index contributed by atoms with van der Waals surface area (Å²) < 4.78 is 5.33. The third-order valence-electron chi connectivity index (χ3n) is 5.34. The van der Waals surface area contributed by atoms with Gasteiger partial charge >= 0.3 is 0 Å². The van der Waals surface area contributed by atoms with Crippen LogP contribution in [0.4, 0.5) is 0 Å². The maximum absolute atomic E-state index is 12.9. The fourth-order valence-electron chi connectivity index (χ4n) is 3.98. The van der Waals surface area contributed by atoms with Gasteiger partial charge in [0.2, 0.25) is 0 Å². The lowest BCUT2D eigenvalue weighted by Crippen LogP contribution is -2.35. The van der Waals surface area contributed by atoms with E-state index in [0.717, 1.165) is 48.0 Å². The van der Waals surface area contributed by atoms with Gasteiger partial charge in [-0.05, 0) is 49.6 Å². The monoisotopic (exact) mass is 348 g/mol. The Labute approximate surface area is 153 Å². The summed E-state index contributed by atoms with van der Waals surface area (Å²) in [6.07, 6.45) is 5.09. The second-order valence-corrected chi connectivity index (χ2v) is 6.99. The molecule has 1 saturated heterocycles. The molecule has 1 aliphatic heterocycles. The fourth-order valence-corrected chi connectivity index (χ4v) is 3.98. The maximum Gasteiger partial charge on any atom is 0.178 e. The SMILES string of the molecule is COc1cccc(CC2CCCN2CC(=O)c2c[nH]c3ccccc23)c1. The third-order valence-corrected chi connectivity index (χ3v) is 5.34. The highest BCUT2D eigenvalue weighted by atomic mass is 16.5. The summed E-state index contributed by atoms with van der Waals surface area (Å²) in [4.78, 5) is 18.4. The predicted molar refractivity (Wildman–Crippen MR) is 104 cm³/mol. The number of ketones is 1. The van der Waals surface area contributed by atoms with Crippen molar-refractivity contribution in [3.05, 3.63) is 65.9 Å². The van der Waals surface area contributed by atoms with Crippen molar-refractivity contribution >= 4 is 16.7 Å². The van der Waals surface area contributed by atoms with Gasteiger partial charge in [-0.25, -0.2) is 0 Å². The molecule has 0 aliphatic carbocycles. The van der Waals surface area contributed by atoms with Crippen LogP contribution in [0.2, 0.25) is 0 Å². The summed E-state index contributed by atoms with van der Waals surface area (Å²) in [6.45, 7) is 1.47. The van der Waals surface area contributed by atoms with E-state index in [1.807, 2.05) is 42.6 Å². The molecular weight excluding hydrogens is 324 g/mol. The minimum absolute atomic E-state index is 0.194. The summed E-state index contributed by atoms with van der Waals surface area (Å²) in [6, 6.07) is 16.6. The molecule has 0 spiro atoms. The van der Waals surface area contributed by atoms with E-state index in [2.05, 4.69) is 22.0 Å². The maximum atomic E-state index is 12.9. The molecular formula is C22H24N2O2. The lowest BCUT2D eigenvalue weighted by molar-refractivity contribution is 0.0923. The van der Waals surface area contributed by atoms with Gasteiger partial charge in [0.15, 0.2) is 5.78 Å². The Bertz CT molecular complexity index is 915. The summed E-state index contributed by atoms with van der Waals surface area (Å²) >= 11 is 0. The molecule has 1 atom stereocenters. The molecule has 3 aromatic rings. The second kappa shape index (κ2) is 7.34. The summed E-state index contributed by atoms with van der Waals surface area (Å²) in [5.41, 5.74) is 3.08. The number of ether oxygens (including phenoxy) is 1. The molecule has 4 nitrogen and oxygen atoms in total. The molecule has 134 valence electrons. The topological polar surface area (TPSA) is 45.3 Å². The van der Waals surface area contributed by atoms with Crippen molar-refractivity contribution in [1.29, 1.82) is 0 Å². The van der Waals surface area contributed by atoms with Gasteiger partial charge in [0.25, 0.3) is 0 Å². The first-order valence-corrected chi connectivity index (χ1v) is 9.21. The largest absolute Gasteiger partial charge is 0.497 e. The van der Waals surface area contributed by atoms with E-state index in [1.54, 1.807) is 7.11 Å². The Morgan fingerprint density at radius 2 is 2.12 bits per heavy atom. The van der Waals surface area contributed by atoms with E-state index in [0.29, 0.717) is 12.6 Å². The number of hydrogen-bond acceptors (Lipinski definition) is 3. The molecule has 4 heteroatoms. The number of hydrogen-bond donors (Lipinski definition) is 1. The Morgan fingerprint density at radius 3 is 3.00 bits per heavy atom. The summed E-state index contributed by atoms with van der Waals surface area (Å²) in [7, 11) is 1.70. The van der Waals surface area contributed by atoms with Gasteiger partial charge in [-0.15, -0.1) is 0 Å². The number of para-hydroxylation sites is 1. The Balaban J connectivity index is 1.47. The molecule has 1 aliphatic rings. The minimum atomic E-state index is 0.194. The molecule has 0 saturated carbocycles. The van der Waals surface area contributed by atoms with Gasteiger partial charge in [-0.3, -0.25) is 9.69 Å². The van der Waals surface area contributed by atoms with Crippen LogP contribution in [0.25, 0.3) is 10.9 Å². The molecule has 2 aromatic carbocycles. The number of carbonyl (C=O) groups is 1. The zero-order valence-corrected chi connectivity index (χ0v) is 15.1. The van der Waals surface area contributed by atoms with Crippen LogP contribution in [0, 0.1) is 0 Å². The number of H-pyrrole nitrogens is 1. The highest BCUT2D eigenvalue weighted by molar-refractivity contribution is 6.08. The number of nitrogens with zero attached hydrogens (tertiary/aromatic N) is 1. The highest BCUT2D eigenvalue weighted by Crippen LogP contribution is 2.24.